The molecule has 6 nitrogen and oxygen atoms in total. The summed E-state index contributed by atoms with van der Waals surface area (Å²) in [7, 11) is -3.73. The zero-order valence-corrected chi connectivity index (χ0v) is 15.8. The van der Waals surface area contributed by atoms with Gasteiger partial charge in [-0.3, -0.25) is 4.79 Å². The number of carbonyl (C=O) groups is 1. The van der Waals surface area contributed by atoms with Gasteiger partial charge in [0.2, 0.25) is 15.9 Å². The lowest BCUT2D eigenvalue weighted by Crippen LogP contribution is -2.47. The number of likely N-dealkylation sites (N-methyl/N-ethyl adjacent to an activating group) is 1. The van der Waals surface area contributed by atoms with Crippen LogP contribution in [0.3, 0.4) is 0 Å². The molecule has 1 aromatic carbocycles. The van der Waals surface area contributed by atoms with Crippen LogP contribution < -0.4 is 10.1 Å². The van der Waals surface area contributed by atoms with E-state index < -0.39 is 10.0 Å². The number of amides is 1. The third-order valence-corrected chi connectivity index (χ3v) is 6.31. The molecule has 0 bridgehead atoms. The van der Waals surface area contributed by atoms with E-state index in [4.69, 9.17) is 4.74 Å². The Morgan fingerprint density at radius 2 is 1.80 bits per heavy atom. The second-order valence-corrected chi connectivity index (χ2v) is 8.09. The van der Waals surface area contributed by atoms with Gasteiger partial charge in [0, 0.05) is 12.6 Å². The molecule has 7 heteroatoms. The van der Waals surface area contributed by atoms with Gasteiger partial charge in [0.25, 0.3) is 0 Å². The molecular weight excluding hydrogens is 340 g/mol. The lowest BCUT2D eigenvalue weighted by Gasteiger charge is -2.33. The molecule has 0 atom stereocenters. The van der Waals surface area contributed by atoms with Crippen LogP contribution in [0.25, 0.3) is 0 Å². The van der Waals surface area contributed by atoms with Gasteiger partial charge in [-0.25, -0.2) is 8.42 Å². The van der Waals surface area contributed by atoms with E-state index >= 15 is 0 Å². The molecule has 0 unspecified atom stereocenters. The van der Waals surface area contributed by atoms with Gasteiger partial charge in [0.1, 0.15) is 5.75 Å². The van der Waals surface area contributed by atoms with E-state index in [0.717, 1.165) is 32.1 Å². The van der Waals surface area contributed by atoms with Crippen molar-refractivity contribution in [3.63, 3.8) is 0 Å². The molecule has 1 fully saturated rings. The highest BCUT2D eigenvalue weighted by Crippen LogP contribution is 2.28. The minimum absolute atomic E-state index is 0.118. The number of ether oxygens (including phenoxy) is 1. The molecule has 0 aliphatic heterocycles. The zero-order valence-electron chi connectivity index (χ0n) is 15.0. The molecule has 0 aromatic heterocycles. The summed E-state index contributed by atoms with van der Waals surface area (Å²) in [6, 6.07) is 6.29. The Bertz CT molecular complexity index is 652. The van der Waals surface area contributed by atoms with E-state index in [1.165, 1.54) is 4.31 Å². The van der Waals surface area contributed by atoms with Gasteiger partial charge >= 0.3 is 0 Å². The van der Waals surface area contributed by atoms with Crippen LogP contribution in [-0.2, 0) is 14.8 Å². The first-order valence-corrected chi connectivity index (χ1v) is 10.4. The van der Waals surface area contributed by atoms with Crippen LogP contribution in [0, 0.1) is 0 Å². The van der Waals surface area contributed by atoms with Crippen molar-refractivity contribution in [2.45, 2.75) is 56.9 Å². The van der Waals surface area contributed by atoms with Crippen molar-refractivity contribution in [1.29, 1.82) is 0 Å². The van der Waals surface area contributed by atoms with E-state index in [0.29, 0.717) is 18.9 Å². The summed E-state index contributed by atoms with van der Waals surface area (Å²) in [5.74, 6) is 0.372. The molecule has 0 saturated heterocycles. The van der Waals surface area contributed by atoms with Crippen molar-refractivity contribution >= 4 is 15.9 Å². The first-order valence-electron chi connectivity index (χ1n) is 9.00. The number of hydrogen-bond acceptors (Lipinski definition) is 4. The van der Waals surface area contributed by atoms with Crippen LogP contribution in [0.4, 0.5) is 0 Å². The fraction of sp³-hybridized carbons (Fsp3) is 0.611. The van der Waals surface area contributed by atoms with Crippen LogP contribution in [0.5, 0.6) is 5.75 Å². The molecular formula is C18H28N2O4S. The quantitative estimate of drug-likeness (QED) is 0.765. The SMILES string of the molecule is CCNC(=O)CN(C1CCCCC1)S(=O)(=O)c1ccc(OCC)cc1. The van der Waals surface area contributed by atoms with Crippen molar-refractivity contribution < 1.29 is 17.9 Å². The van der Waals surface area contributed by atoms with Gasteiger partial charge < -0.3 is 10.1 Å². The number of hydrogen-bond donors (Lipinski definition) is 1. The van der Waals surface area contributed by atoms with Crippen molar-refractivity contribution in [1.82, 2.24) is 9.62 Å². The molecule has 25 heavy (non-hydrogen) atoms. The summed E-state index contributed by atoms with van der Waals surface area (Å²) in [4.78, 5) is 12.3. The number of rotatable bonds is 8. The molecule has 1 amide bonds. The van der Waals surface area contributed by atoms with Gasteiger partial charge in [-0.15, -0.1) is 0 Å². The van der Waals surface area contributed by atoms with Crippen LogP contribution in [0.2, 0.25) is 0 Å². The fourth-order valence-corrected chi connectivity index (χ4v) is 4.83. The van der Waals surface area contributed by atoms with Crippen molar-refractivity contribution in [2.75, 3.05) is 19.7 Å². The maximum Gasteiger partial charge on any atom is 0.243 e. The number of benzene rings is 1. The van der Waals surface area contributed by atoms with E-state index in [9.17, 15) is 13.2 Å². The molecule has 0 spiro atoms. The van der Waals surface area contributed by atoms with E-state index in [1.54, 1.807) is 24.3 Å². The third-order valence-electron chi connectivity index (χ3n) is 4.40. The predicted molar refractivity (Wildman–Crippen MR) is 97.1 cm³/mol. The van der Waals surface area contributed by atoms with Gasteiger partial charge in [-0.05, 0) is 51.0 Å². The molecule has 1 aromatic rings. The normalized spacial score (nSPS) is 16.0. The maximum absolute atomic E-state index is 13.1. The topological polar surface area (TPSA) is 75.7 Å². The highest BCUT2D eigenvalue weighted by molar-refractivity contribution is 7.89. The first-order chi connectivity index (χ1) is 12.0. The third kappa shape index (κ3) is 5.19. The van der Waals surface area contributed by atoms with Crippen LogP contribution >= 0.6 is 0 Å². The molecule has 2 rings (SSSR count). The summed E-state index contributed by atoms with van der Waals surface area (Å²) in [6.07, 6.45) is 4.71. The smallest absolute Gasteiger partial charge is 0.243 e. The zero-order chi connectivity index (χ0) is 18.3. The summed E-state index contributed by atoms with van der Waals surface area (Å²) in [5.41, 5.74) is 0. The number of nitrogens with one attached hydrogen (secondary N) is 1. The van der Waals surface area contributed by atoms with Gasteiger partial charge in [-0.2, -0.15) is 4.31 Å². The highest BCUT2D eigenvalue weighted by atomic mass is 32.2. The largest absolute Gasteiger partial charge is 0.494 e. The van der Waals surface area contributed by atoms with Crippen LogP contribution in [0.15, 0.2) is 29.2 Å². The van der Waals surface area contributed by atoms with Crippen molar-refractivity contribution in [3.05, 3.63) is 24.3 Å². The summed E-state index contributed by atoms with van der Waals surface area (Å²) >= 11 is 0. The second-order valence-electron chi connectivity index (χ2n) is 6.20. The van der Waals surface area contributed by atoms with E-state index in [-0.39, 0.29) is 23.4 Å². The van der Waals surface area contributed by atoms with Gasteiger partial charge in [0.15, 0.2) is 0 Å². The Labute approximate surface area is 150 Å². The lowest BCUT2D eigenvalue weighted by molar-refractivity contribution is -0.121. The number of nitrogens with zero attached hydrogens (tertiary/aromatic N) is 1. The lowest BCUT2D eigenvalue weighted by atomic mass is 9.95. The Hall–Kier alpha value is -1.60. The van der Waals surface area contributed by atoms with Gasteiger partial charge in [0.05, 0.1) is 18.0 Å². The number of carbonyl (C=O) groups excluding carboxylic acids is 1. The summed E-state index contributed by atoms with van der Waals surface area (Å²) < 4.78 is 33.0. The first kappa shape index (κ1) is 19.7. The molecule has 140 valence electrons. The molecule has 1 saturated carbocycles. The van der Waals surface area contributed by atoms with Gasteiger partial charge in [-0.1, -0.05) is 19.3 Å². The average molecular weight is 368 g/mol. The number of sulfonamides is 1. The minimum atomic E-state index is -3.73. The monoisotopic (exact) mass is 368 g/mol. The molecule has 1 aliphatic carbocycles. The van der Waals surface area contributed by atoms with Crippen molar-refractivity contribution in [3.8, 4) is 5.75 Å². The fourth-order valence-electron chi connectivity index (χ4n) is 3.18. The highest BCUT2D eigenvalue weighted by Gasteiger charge is 2.33. The minimum Gasteiger partial charge on any atom is -0.494 e. The molecule has 1 N–H and O–H groups in total. The van der Waals surface area contributed by atoms with E-state index in [1.807, 2.05) is 13.8 Å². The Morgan fingerprint density at radius 1 is 1.16 bits per heavy atom. The second kappa shape index (κ2) is 9.20. The Kier molecular flexibility index (Phi) is 7.25. The average Bonchev–Trinajstić information content (AvgIpc) is 2.61. The Balaban J connectivity index is 2.27. The van der Waals surface area contributed by atoms with Crippen LogP contribution in [-0.4, -0.2) is 44.4 Å². The molecule has 0 heterocycles. The molecule has 0 radical (unpaired) electrons. The summed E-state index contributed by atoms with van der Waals surface area (Å²) in [6.45, 7) is 4.58. The maximum atomic E-state index is 13.1. The predicted octanol–water partition coefficient (Wildman–Crippen LogP) is 2.54. The molecule has 1 aliphatic rings. The van der Waals surface area contributed by atoms with E-state index in [2.05, 4.69) is 5.32 Å². The van der Waals surface area contributed by atoms with Crippen LogP contribution in [0.1, 0.15) is 46.0 Å². The Morgan fingerprint density at radius 3 is 2.36 bits per heavy atom. The van der Waals surface area contributed by atoms with Crippen molar-refractivity contribution in [2.24, 2.45) is 0 Å². The standard InChI is InChI=1S/C18H28N2O4S/c1-3-19-18(21)14-20(15-8-6-5-7-9-15)25(22,23)17-12-10-16(11-13-17)24-4-2/h10-13,15H,3-9,14H2,1-2H3,(H,19,21). The summed E-state index contributed by atoms with van der Waals surface area (Å²) in [5, 5.41) is 2.70.